The van der Waals surface area contributed by atoms with Gasteiger partial charge in [0.25, 0.3) is 5.91 Å². The van der Waals surface area contributed by atoms with Gasteiger partial charge in [0.15, 0.2) is 5.82 Å². The lowest BCUT2D eigenvalue weighted by Gasteiger charge is -2.09. The molecule has 0 aliphatic carbocycles. The fourth-order valence-electron chi connectivity index (χ4n) is 3.01. The third-order valence-electron chi connectivity index (χ3n) is 4.56. The summed E-state index contributed by atoms with van der Waals surface area (Å²) in [5.41, 5.74) is 2.45. The Labute approximate surface area is 190 Å². The van der Waals surface area contributed by atoms with Crippen LogP contribution in [0.15, 0.2) is 85.1 Å². The number of ether oxygens (including phenoxy) is 1. The van der Waals surface area contributed by atoms with Crippen LogP contribution in [0.2, 0.25) is 10.0 Å². The highest BCUT2D eigenvalue weighted by Crippen LogP contribution is 2.24. The first kappa shape index (κ1) is 21.0. The molecule has 4 aromatic rings. The van der Waals surface area contributed by atoms with E-state index >= 15 is 0 Å². The van der Waals surface area contributed by atoms with E-state index < -0.39 is 0 Å². The van der Waals surface area contributed by atoms with E-state index in [9.17, 15) is 4.79 Å². The molecule has 0 saturated heterocycles. The van der Waals surface area contributed by atoms with E-state index in [0.29, 0.717) is 40.3 Å². The Hall–Kier alpha value is -3.28. The molecule has 1 amide bonds. The number of hydrogen-bond acceptors (Lipinski definition) is 3. The Balaban J connectivity index is 1.37. The maximum atomic E-state index is 12.7. The van der Waals surface area contributed by atoms with Crippen LogP contribution in [-0.4, -0.2) is 15.7 Å². The minimum Gasteiger partial charge on any atom is -0.487 e. The molecule has 0 aliphatic heterocycles. The van der Waals surface area contributed by atoms with Crippen molar-refractivity contribution >= 4 is 34.9 Å². The predicted molar refractivity (Wildman–Crippen MR) is 123 cm³/mol. The average Bonchev–Trinajstić information content (AvgIpc) is 3.21. The van der Waals surface area contributed by atoms with Crippen LogP contribution in [0.1, 0.15) is 21.5 Å². The number of hydrogen-bond donors (Lipinski definition) is 1. The van der Waals surface area contributed by atoms with Gasteiger partial charge in [0.2, 0.25) is 0 Å². The van der Waals surface area contributed by atoms with E-state index in [4.69, 9.17) is 27.9 Å². The van der Waals surface area contributed by atoms with Crippen LogP contribution in [0.25, 0.3) is 0 Å². The third kappa shape index (κ3) is 5.66. The summed E-state index contributed by atoms with van der Waals surface area (Å²) in [5, 5.41) is 8.48. The van der Waals surface area contributed by atoms with Gasteiger partial charge in [-0.15, -0.1) is 0 Å². The van der Waals surface area contributed by atoms with E-state index in [1.54, 1.807) is 35.0 Å². The molecule has 0 saturated carbocycles. The zero-order chi connectivity index (χ0) is 21.6. The van der Waals surface area contributed by atoms with Gasteiger partial charge in [-0.2, -0.15) is 5.10 Å². The lowest BCUT2D eigenvalue weighted by Crippen LogP contribution is -2.13. The van der Waals surface area contributed by atoms with Crippen LogP contribution in [0.3, 0.4) is 0 Å². The number of nitrogens with one attached hydrogen (secondary N) is 1. The second-order valence-corrected chi connectivity index (χ2v) is 7.74. The van der Waals surface area contributed by atoms with Crippen molar-refractivity contribution in [1.82, 2.24) is 9.78 Å². The highest BCUT2D eigenvalue weighted by Gasteiger charge is 2.10. The van der Waals surface area contributed by atoms with Crippen molar-refractivity contribution in [1.29, 1.82) is 0 Å². The second-order valence-electron chi connectivity index (χ2n) is 6.90. The number of carbonyl (C=O) groups is 1. The number of benzene rings is 3. The standard InChI is InChI=1S/C24H19Cl2N3O2/c25-20-10-8-17(9-11-20)15-29-13-12-23(28-29)27-24(30)19-5-3-4-18(14-19)16-31-22-7-2-1-6-21(22)26/h1-14H,15-16H2,(H,27,28,30). The van der Waals surface area contributed by atoms with Crippen molar-refractivity contribution in [2.45, 2.75) is 13.2 Å². The topological polar surface area (TPSA) is 56.2 Å². The number of para-hydroxylation sites is 1. The number of aromatic nitrogens is 2. The van der Waals surface area contributed by atoms with Crippen molar-refractivity contribution in [3.8, 4) is 5.75 Å². The molecule has 1 N–H and O–H groups in total. The number of anilines is 1. The smallest absolute Gasteiger partial charge is 0.256 e. The molecule has 31 heavy (non-hydrogen) atoms. The molecule has 0 radical (unpaired) electrons. The first-order chi connectivity index (χ1) is 15.1. The minimum absolute atomic E-state index is 0.240. The molecule has 0 fully saturated rings. The van der Waals surface area contributed by atoms with Gasteiger partial charge in [0.05, 0.1) is 11.6 Å². The predicted octanol–water partition coefficient (Wildman–Crippen LogP) is 6.07. The summed E-state index contributed by atoms with van der Waals surface area (Å²) >= 11 is 12.0. The molecule has 5 nitrogen and oxygen atoms in total. The van der Waals surface area contributed by atoms with Gasteiger partial charge in [-0.25, -0.2) is 0 Å². The zero-order valence-corrected chi connectivity index (χ0v) is 18.0. The summed E-state index contributed by atoms with van der Waals surface area (Å²) in [4.78, 5) is 12.7. The molecule has 3 aromatic carbocycles. The number of halogens is 2. The van der Waals surface area contributed by atoms with Gasteiger partial charge in [0, 0.05) is 22.8 Å². The monoisotopic (exact) mass is 451 g/mol. The maximum absolute atomic E-state index is 12.7. The van der Waals surface area contributed by atoms with E-state index in [0.717, 1.165) is 11.1 Å². The fourth-order valence-corrected chi connectivity index (χ4v) is 3.32. The normalized spacial score (nSPS) is 10.6. The molecule has 1 heterocycles. The lowest BCUT2D eigenvalue weighted by molar-refractivity contribution is 0.102. The van der Waals surface area contributed by atoms with Crippen molar-refractivity contribution in [3.63, 3.8) is 0 Å². The van der Waals surface area contributed by atoms with Crippen LogP contribution >= 0.6 is 23.2 Å². The zero-order valence-electron chi connectivity index (χ0n) is 16.5. The highest BCUT2D eigenvalue weighted by atomic mass is 35.5. The van der Waals surface area contributed by atoms with E-state index in [1.807, 2.05) is 54.7 Å². The number of rotatable bonds is 7. The largest absolute Gasteiger partial charge is 0.487 e. The summed E-state index contributed by atoms with van der Waals surface area (Å²) < 4.78 is 7.51. The van der Waals surface area contributed by atoms with Gasteiger partial charge < -0.3 is 10.1 Å². The van der Waals surface area contributed by atoms with Crippen LogP contribution < -0.4 is 10.1 Å². The summed E-state index contributed by atoms with van der Waals surface area (Å²) in [6.45, 7) is 0.891. The Kier molecular flexibility index (Phi) is 6.55. The molecule has 0 aliphatic rings. The summed E-state index contributed by atoms with van der Waals surface area (Å²) in [5.74, 6) is 0.846. The maximum Gasteiger partial charge on any atom is 0.256 e. The van der Waals surface area contributed by atoms with E-state index in [-0.39, 0.29) is 5.91 Å². The van der Waals surface area contributed by atoms with Crippen molar-refractivity contribution in [3.05, 3.63) is 112 Å². The van der Waals surface area contributed by atoms with Gasteiger partial charge in [-0.05, 0) is 47.5 Å². The number of nitrogens with zero attached hydrogens (tertiary/aromatic N) is 2. The first-order valence-corrected chi connectivity index (χ1v) is 10.4. The molecule has 0 bridgehead atoms. The van der Waals surface area contributed by atoms with Gasteiger partial charge in [0.1, 0.15) is 12.4 Å². The van der Waals surface area contributed by atoms with Crippen molar-refractivity contribution in [2.24, 2.45) is 0 Å². The Morgan fingerprint density at radius 3 is 2.55 bits per heavy atom. The Bertz CT molecular complexity index is 1190. The molecule has 7 heteroatoms. The molecule has 156 valence electrons. The third-order valence-corrected chi connectivity index (χ3v) is 5.12. The molecule has 4 rings (SSSR count). The molecular weight excluding hydrogens is 433 g/mol. The summed E-state index contributed by atoms with van der Waals surface area (Å²) in [7, 11) is 0. The second kappa shape index (κ2) is 9.69. The van der Waals surface area contributed by atoms with Crippen LogP contribution in [0, 0.1) is 0 Å². The van der Waals surface area contributed by atoms with E-state index in [1.165, 1.54) is 0 Å². The Morgan fingerprint density at radius 1 is 0.935 bits per heavy atom. The van der Waals surface area contributed by atoms with Gasteiger partial charge in [-0.1, -0.05) is 59.6 Å². The summed E-state index contributed by atoms with van der Waals surface area (Å²) in [6, 6.07) is 23.9. The summed E-state index contributed by atoms with van der Waals surface area (Å²) in [6.07, 6.45) is 1.82. The highest BCUT2D eigenvalue weighted by molar-refractivity contribution is 6.32. The number of amides is 1. The van der Waals surface area contributed by atoms with Crippen molar-refractivity contribution < 1.29 is 9.53 Å². The van der Waals surface area contributed by atoms with Crippen molar-refractivity contribution in [2.75, 3.05) is 5.32 Å². The quantitative estimate of drug-likeness (QED) is 0.370. The molecule has 0 spiro atoms. The van der Waals surface area contributed by atoms with Gasteiger partial charge in [-0.3, -0.25) is 9.48 Å². The molecular formula is C24H19Cl2N3O2. The molecule has 1 aromatic heterocycles. The number of carbonyl (C=O) groups excluding carboxylic acids is 1. The minimum atomic E-state index is -0.240. The average molecular weight is 452 g/mol. The van der Waals surface area contributed by atoms with Crippen LogP contribution in [-0.2, 0) is 13.2 Å². The Morgan fingerprint density at radius 2 is 1.74 bits per heavy atom. The van der Waals surface area contributed by atoms with E-state index in [2.05, 4.69) is 10.4 Å². The molecule has 0 unspecified atom stereocenters. The first-order valence-electron chi connectivity index (χ1n) is 9.62. The van der Waals surface area contributed by atoms with Crippen LogP contribution in [0.5, 0.6) is 5.75 Å². The van der Waals surface area contributed by atoms with Crippen LogP contribution in [0.4, 0.5) is 5.82 Å². The lowest BCUT2D eigenvalue weighted by atomic mass is 10.1. The fraction of sp³-hybridized carbons (Fsp3) is 0.0833. The SMILES string of the molecule is O=C(Nc1ccn(Cc2ccc(Cl)cc2)n1)c1cccc(COc2ccccc2Cl)c1. The molecule has 0 atom stereocenters. The van der Waals surface area contributed by atoms with Gasteiger partial charge >= 0.3 is 0 Å².